The Hall–Kier alpha value is -2.64. The number of hydrogen-bond donors (Lipinski definition) is 1. The predicted octanol–water partition coefficient (Wildman–Crippen LogP) is 5.06. The molecule has 0 aromatic heterocycles. The summed E-state index contributed by atoms with van der Waals surface area (Å²) in [7, 11) is 1.52. The zero-order chi connectivity index (χ0) is 18.7. The molecule has 0 amide bonds. The van der Waals surface area contributed by atoms with Gasteiger partial charge in [-0.05, 0) is 54.4 Å². The zero-order valence-corrected chi connectivity index (χ0v) is 14.6. The standard InChI is InChI=1S/C22H20F2O2/c1-14(26-2)15-5-3-8-17(10-9-15)22(25)21-19(16-6-4-7-16)12-11-18(23)13-20(21)24/h3,5,9-12,16,22,25H,1,4,6-7H2,2H3. The van der Waals surface area contributed by atoms with Crippen LogP contribution < -0.4 is 0 Å². The van der Waals surface area contributed by atoms with Crippen LogP contribution in [0, 0.1) is 5.92 Å². The van der Waals surface area contributed by atoms with Crippen molar-refractivity contribution >= 4 is 0 Å². The monoisotopic (exact) mass is 354 g/mol. The second-order valence-electron chi connectivity index (χ2n) is 6.37. The van der Waals surface area contributed by atoms with E-state index in [0.29, 0.717) is 16.9 Å². The van der Waals surface area contributed by atoms with Crippen molar-refractivity contribution in [2.75, 3.05) is 7.11 Å². The summed E-state index contributed by atoms with van der Waals surface area (Å²) < 4.78 is 33.4. The van der Waals surface area contributed by atoms with Crippen LogP contribution in [0.25, 0.3) is 0 Å². The topological polar surface area (TPSA) is 29.5 Å². The highest BCUT2D eigenvalue weighted by Crippen LogP contribution is 2.40. The molecule has 2 nitrogen and oxygen atoms in total. The Kier molecular flexibility index (Phi) is 5.39. The number of hydrogen-bond acceptors (Lipinski definition) is 2. The molecule has 0 spiro atoms. The van der Waals surface area contributed by atoms with Crippen molar-refractivity contribution in [1.29, 1.82) is 0 Å². The van der Waals surface area contributed by atoms with Gasteiger partial charge in [0, 0.05) is 16.7 Å². The zero-order valence-electron chi connectivity index (χ0n) is 14.6. The summed E-state index contributed by atoms with van der Waals surface area (Å²) in [5.74, 6) is -1.07. The maximum atomic E-state index is 14.7. The van der Waals surface area contributed by atoms with Gasteiger partial charge in [-0.25, -0.2) is 0 Å². The van der Waals surface area contributed by atoms with Crippen molar-refractivity contribution in [2.24, 2.45) is 5.92 Å². The number of methoxy groups -OCH3 is 1. The fraction of sp³-hybridized carbons (Fsp3) is 0.273. The average molecular weight is 354 g/mol. The van der Waals surface area contributed by atoms with Crippen LogP contribution in [-0.2, 0) is 4.74 Å². The fourth-order valence-electron chi connectivity index (χ4n) is 3.09. The Morgan fingerprint density at radius 1 is 1.27 bits per heavy atom. The first kappa shape index (κ1) is 18.2. The summed E-state index contributed by atoms with van der Waals surface area (Å²) in [6, 6.07) is 0. The van der Waals surface area contributed by atoms with Crippen LogP contribution in [0.4, 0.5) is 8.78 Å². The van der Waals surface area contributed by atoms with Crippen LogP contribution in [-0.4, -0.2) is 18.3 Å². The second kappa shape index (κ2) is 7.72. The van der Waals surface area contributed by atoms with Gasteiger partial charge in [-0.1, -0.05) is 25.2 Å². The number of rotatable bonds is 5. The van der Waals surface area contributed by atoms with E-state index in [1.165, 1.54) is 13.2 Å². The molecule has 3 rings (SSSR count). The van der Waals surface area contributed by atoms with Crippen molar-refractivity contribution in [3.8, 4) is 0 Å². The van der Waals surface area contributed by atoms with Gasteiger partial charge in [0.1, 0.15) is 11.9 Å². The normalized spacial score (nSPS) is 21.1. The third-order valence-electron chi connectivity index (χ3n) is 4.82. The Morgan fingerprint density at radius 3 is 2.69 bits per heavy atom. The Bertz CT molecular complexity index is 879. The molecule has 1 unspecified atom stereocenters. The lowest BCUT2D eigenvalue weighted by atomic mass is 9.76. The average Bonchev–Trinajstić information content (AvgIpc) is 2.89. The van der Waals surface area contributed by atoms with Gasteiger partial charge in [-0.15, -0.1) is 5.73 Å². The van der Waals surface area contributed by atoms with Gasteiger partial charge in [0.2, 0.25) is 0 Å². The van der Waals surface area contributed by atoms with Crippen molar-refractivity contribution in [3.63, 3.8) is 0 Å². The van der Waals surface area contributed by atoms with E-state index in [4.69, 9.17) is 4.74 Å². The molecule has 1 saturated carbocycles. The Morgan fingerprint density at radius 2 is 2.04 bits per heavy atom. The van der Waals surface area contributed by atoms with Crippen LogP contribution in [0.5, 0.6) is 0 Å². The molecule has 1 fully saturated rings. The van der Waals surface area contributed by atoms with Crippen LogP contribution in [0.15, 0.2) is 94.2 Å². The van der Waals surface area contributed by atoms with Gasteiger partial charge >= 0.3 is 0 Å². The largest absolute Gasteiger partial charge is 0.497 e. The number of aliphatic hydroxyl groups excluding tert-OH is 1. The molecule has 0 bridgehead atoms. The number of halogens is 2. The molecule has 0 heterocycles. The van der Waals surface area contributed by atoms with E-state index in [0.717, 1.165) is 24.8 Å². The van der Waals surface area contributed by atoms with E-state index in [9.17, 15) is 13.9 Å². The molecule has 1 N–H and O–H groups in total. The summed E-state index contributed by atoms with van der Waals surface area (Å²) in [6.45, 7) is 3.79. The van der Waals surface area contributed by atoms with Crippen molar-refractivity contribution in [1.82, 2.24) is 0 Å². The molecule has 1 atom stereocenters. The van der Waals surface area contributed by atoms with Crippen LogP contribution in [0.3, 0.4) is 0 Å². The van der Waals surface area contributed by atoms with E-state index in [-0.39, 0.29) is 11.5 Å². The maximum Gasteiger partial charge on any atom is 0.174 e. The molecule has 26 heavy (non-hydrogen) atoms. The highest BCUT2D eigenvalue weighted by atomic mass is 19.1. The number of allylic oxidation sites excluding steroid dienone is 5. The molecule has 0 aliphatic heterocycles. The molecule has 0 aromatic rings. The van der Waals surface area contributed by atoms with E-state index in [2.05, 4.69) is 18.0 Å². The van der Waals surface area contributed by atoms with Crippen LogP contribution in [0.1, 0.15) is 19.3 Å². The first-order valence-corrected chi connectivity index (χ1v) is 8.52. The summed E-state index contributed by atoms with van der Waals surface area (Å²) in [5, 5.41) is 10.9. The fourth-order valence-corrected chi connectivity index (χ4v) is 3.09. The first-order chi connectivity index (χ1) is 12.5. The molecule has 4 heteroatoms. The van der Waals surface area contributed by atoms with Gasteiger partial charge in [0.15, 0.2) is 11.7 Å². The molecule has 3 aliphatic rings. The van der Waals surface area contributed by atoms with Crippen LogP contribution >= 0.6 is 0 Å². The SMILES string of the molecule is C=C(OC)C1=CC=C=C(C(O)C2=C(C3CCC3)C=CC(F)=C=C2F)C=C1. The minimum absolute atomic E-state index is 0.0631. The number of ether oxygens (including phenoxy) is 1. The minimum Gasteiger partial charge on any atom is -0.497 e. The summed E-state index contributed by atoms with van der Waals surface area (Å²) in [4.78, 5) is 0. The van der Waals surface area contributed by atoms with Crippen molar-refractivity contribution < 1.29 is 18.6 Å². The summed E-state index contributed by atoms with van der Waals surface area (Å²) in [6.07, 6.45) is 11.0. The highest BCUT2D eigenvalue weighted by Gasteiger charge is 2.30. The summed E-state index contributed by atoms with van der Waals surface area (Å²) in [5.41, 5.74) is 6.81. The van der Waals surface area contributed by atoms with Gasteiger partial charge in [0.05, 0.1) is 7.11 Å². The van der Waals surface area contributed by atoms with E-state index in [1.807, 2.05) is 0 Å². The lowest BCUT2D eigenvalue weighted by Gasteiger charge is -2.29. The molecule has 134 valence electrons. The number of aliphatic hydroxyl groups is 1. The lowest BCUT2D eigenvalue weighted by Crippen LogP contribution is -2.21. The van der Waals surface area contributed by atoms with E-state index in [1.54, 1.807) is 30.4 Å². The highest BCUT2D eigenvalue weighted by molar-refractivity contribution is 5.52. The first-order valence-electron chi connectivity index (χ1n) is 8.52. The van der Waals surface area contributed by atoms with Crippen LogP contribution in [0.2, 0.25) is 0 Å². The van der Waals surface area contributed by atoms with Gasteiger partial charge in [0.25, 0.3) is 0 Å². The lowest BCUT2D eigenvalue weighted by molar-refractivity contribution is 0.243. The van der Waals surface area contributed by atoms with Crippen molar-refractivity contribution in [2.45, 2.75) is 25.4 Å². The third kappa shape index (κ3) is 3.63. The van der Waals surface area contributed by atoms with E-state index >= 15 is 0 Å². The summed E-state index contributed by atoms with van der Waals surface area (Å²) >= 11 is 0. The predicted molar refractivity (Wildman–Crippen MR) is 97.2 cm³/mol. The van der Waals surface area contributed by atoms with Gasteiger partial charge in [-0.2, -0.15) is 8.78 Å². The Labute approximate surface area is 151 Å². The molecule has 0 saturated heterocycles. The molecular weight excluding hydrogens is 334 g/mol. The van der Waals surface area contributed by atoms with Crippen molar-refractivity contribution in [3.05, 3.63) is 94.2 Å². The molecule has 0 aromatic carbocycles. The molecular formula is C22H20F2O2. The third-order valence-corrected chi connectivity index (χ3v) is 4.82. The van der Waals surface area contributed by atoms with Gasteiger partial charge in [-0.3, -0.25) is 0 Å². The maximum absolute atomic E-state index is 14.7. The van der Waals surface area contributed by atoms with E-state index < -0.39 is 17.8 Å². The minimum atomic E-state index is -1.27. The quantitative estimate of drug-likeness (QED) is 0.552. The second-order valence-corrected chi connectivity index (χ2v) is 6.37. The molecule has 3 aliphatic carbocycles. The van der Waals surface area contributed by atoms with Gasteiger partial charge < -0.3 is 9.84 Å². The smallest absolute Gasteiger partial charge is 0.174 e. The molecule has 0 radical (unpaired) electrons. The Balaban J connectivity index is 1.99.